The van der Waals surface area contributed by atoms with Gasteiger partial charge in [0.15, 0.2) is 0 Å². The number of carbonyl (C=O) groups is 1. The minimum atomic E-state index is -3.70. The highest BCUT2D eigenvalue weighted by molar-refractivity contribution is 14.1. The molecule has 0 fully saturated rings. The maximum atomic E-state index is 11.9. The Kier molecular flexibility index (Phi) is 5.78. The zero-order valence-corrected chi connectivity index (χ0v) is 13.1. The van der Waals surface area contributed by atoms with Gasteiger partial charge < -0.3 is 5.11 Å². The number of halogens is 1. The first kappa shape index (κ1) is 15.9. The van der Waals surface area contributed by atoms with Crippen molar-refractivity contribution in [1.82, 2.24) is 4.72 Å². The van der Waals surface area contributed by atoms with E-state index in [1.165, 1.54) is 12.1 Å². The average molecular weight is 393 g/mol. The second kappa shape index (κ2) is 6.88. The number of sulfonamides is 1. The minimum absolute atomic E-state index is 0.0307. The fourth-order valence-corrected chi connectivity index (χ4v) is 2.92. The number of hydrogen-bond donors (Lipinski definition) is 2. The van der Waals surface area contributed by atoms with E-state index in [1.54, 1.807) is 6.92 Å². The summed E-state index contributed by atoms with van der Waals surface area (Å²) in [5, 5.41) is 8.96. The third-order valence-corrected chi connectivity index (χ3v) is 4.60. The lowest BCUT2D eigenvalue weighted by Gasteiger charge is -2.07. The highest BCUT2D eigenvalue weighted by Crippen LogP contribution is 2.17. The average Bonchev–Trinajstić information content (AvgIpc) is 2.34. The van der Waals surface area contributed by atoms with Crippen LogP contribution < -0.4 is 4.72 Å². The van der Waals surface area contributed by atoms with Gasteiger partial charge in [0, 0.05) is 16.5 Å². The van der Waals surface area contributed by atoms with Crippen molar-refractivity contribution in [2.75, 3.05) is 6.54 Å². The Morgan fingerprint density at radius 1 is 1.47 bits per heavy atom. The second-order valence-corrected chi connectivity index (χ2v) is 6.45. The van der Waals surface area contributed by atoms with E-state index in [0.29, 0.717) is 9.99 Å². The Labute approximate surface area is 125 Å². The molecule has 0 saturated carbocycles. The van der Waals surface area contributed by atoms with E-state index in [2.05, 4.69) is 16.6 Å². The van der Waals surface area contributed by atoms with Crippen molar-refractivity contribution >= 4 is 38.6 Å². The summed E-state index contributed by atoms with van der Waals surface area (Å²) in [5.41, 5.74) is -0.0307. The van der Waals surface area contributed by atoms with Crippen LogP contribution in [0.4, 0.5) is 0 Å². The summed E-state index contributed by atoms with van der Waals surface area (Å²) >= 11 is 1.85. The molecular weight excluding hydrogens is 381 g/mol. The molecule has 5 nitrogen and oxygen atoms in total. The number of carboxylic acid groups (broad SMARTS) is 1. The molecule has 0 saturated heterocycles. The van der Waals surface area contributed by atoms with Crippen molar-refractivity contribution in [2.24, 2.45) is 0 Å². The zero-order chi connectivity index (χ0) is 14.5. The molecule has 0 aliphatic carbocycles. The Balaban J connectivity index is 2.97. The second-order valence-electron chi connectivity index (χ2n) is 3.52. The number of carboxylic acids is 1. The van der Waals surface area contributed by atoms with Crippen LogP contribution >= 0.6 is 22.6 Å². The van der Waals surface area contributed by atoms with Gasteiger partial charge in [0.1, 0.15) is 0 Å². The first-order chi connectivity index (χ1) is 8.88. The summed E-state index contributed by atoms with van der Waals surface area (Å²) in [6.07, 6.45) is 0.409. The lowest BCUT2D eigenvalue weighted by molar-refractivity contribution is 0.0695. The smallest absolute Gasteiger partial charge is 0.336 e. The molecule has 0 aromatic heterocycles. The fraction of sp³-hybridized carbons (Fsp3) is 0.250. The van der Waals surface area contributed by atoms with Crippen LogP contribution in [0.3, 0.4) is 0 Å². The maximum Gasteiger partial charge on any atom is 0.336 e. The molecule has 0 spiro atoms. The van der Waals surface area contributed by atoms with Crippen LogP contribution in [-0.2, 0) is 10.0 Å². The number of hydrogen-bond acceptors (Lipinski definition) is 3. The van der Waals surface area contributed by atoms with E-state index in [1.807, 2.05) is 22.6 Å². The minimum Gasteiger partial charge on any atom is -0.478 e. The molecule has 0 heterocycles. The van der Waals surface area contributed by atoms with E-state index >= 15 is 0 Å². The van der Waals surface area contributed by atoms with Gasteiger partial charge in [-0.1, -0.05) is 0 Å². The summed E-state index contributed by atoms with van der Waals surface area (Å²) in [4.78, 5) is 10.9. The van der Waals surface area contributed by atoms with E-state index in [-0.39, 0.29) is 17.0 Å². The van der Waals surface area contributed by atoms with Crippen LogP contribution in [0, 0.1) is 15.4 Å². The molecule has 0 amide bonds. The Morgan fingerprint density at radius 2 is 2.16 bits per heavy atom. The first-order valence-electron chi connectivity index (χ1n) is 5.30. The molecule has 1 aromatic rings. The Morgan fingerprint density at radius 3 is 2.74 bits per heavy atom. The van der Waals surface area contributed by atoms with Crippen molar-refractivity contribution in [3.05, 3.63) is 27.3 Å². The Bertz CT molecular complexity index is 643. The molecule has 7 heteroatoms. The molecular formula is C12H12INO4S. The summed E-state index contributed by atoms with van der Waals surface area (Å²) in [6, 6.07) is 3.99. The van der Waals surface area contributed by atoms with Crippen molar-refractivity contribution in [3.63, 3.8) is 0 Å². The van der Waals surface area contributed by atoms with E-state index in [0.717, 1.165) is 6.07 Å². The van der Waals surface area contributed by atoms with Gasteiger partial charge in [0.25, 0.3) is 0 Å². The predicted octanol–water partition coefficient (Wildman–Crippen LogP) is 1.68. The van der Waals surface area contributed by atoms with Crippen LogP contribution in [0.25, 0.3) is 0 Å². The number of aromatic carboxylic acids is 1. The quantitative estimate of drug-likeness (QED) is 0.453. The molecule has 0 bridgehead atoms. The van der Waals surface area contributed by atoms with Gasteiger partial charge in [-0.05, 0) is 47.7 Å². The third kappa shape index (κ3) is 4.49. The predicted molar refractivity (Wildman–Crippen MR) is 79.4 cm³/mol. The molecule has 0 aliphatic heterocycles. The highest BCUT2D eigenvalue weighted by Gasteiger charge is 2.17. The standard InChI is InChI=1S/C12H12INO4S/c1-2-3-4-7-14-19(17,18)9-5-6-11(13)10(8-9)12(15)16/h5-6,8,14H,4,7H2,1H3,(H,15,16). The van der Waals surface area contributed by atoms with Gasteiger partial charge in [0.2, 0.25) is 10.0 Å². The lowest BCUT2D eigenvalue weighted by atomic mass is 10.2. The van der Waals surface area contributed by atoms with E-state index < -0.39 is 16.0 Å². The fourth-order valence-electron chi connectivity index (χ4n) is 1.29. The number of nitrogens with one attached hydrogen (secondary N) is 1. The molecule has 102 valence electrons. The first-order valence-corrected chi connectivity index (χ1v) is 7.87. The topological polar surface area (TPSA) is 83.5 Å². The SMILES string of the molecule is CC#CCCNS(=O)(=O)c1ccc(I)c(C(=O)O)c1. The molecule has 0 aliphatic rings. The summed E-state index contributed by atoms with van der Waals surface area (Å²) in [6.45, 7) is 1.87. The largest absolute Gasteiger partial charge is 0.478 e. The summed E-state index contributed by atoms with van der Waals surface area (Å²) < 4.78 is 26.7. The Hall–Kier alpha value is -1.11. The molecule has 0 atom stereocenters. The molecule has 0 unspecified atom stereocenters. The maximum absolute atomic E-state index is 11.9. The molecule has 19 heavy (non-hydrogen) atoms. The molecule has 1 rings (SSSR count). The third-order valence-electron chi connectivity index (χ3n) is 2.20. The normalized spacial score (nSPS) is 10.6. The van der Waals surface area contributed by atoms with Crippen LogP contribution in [-0.4, -0.2) is 26.0 Å². The van der Waals surface area contributed by atoms with E-state index in [9.17, 15) is 13.2 Å². The van der Waals surface area contributed by atoms with Crippen LogP contribution in [0.5, 0.6) is 0 Å². The van der Waals surface area contributed by atoms with Gasteiger partial charge in [-0.2, -0.15) is 0 Å². The molecule has 2 N–H and O–H groups in total. The van der Waals surface area contributed by atoms with Crippen molar-refractivity contribution < 1.29 is 18.3 Å². The number of benzene rings is 1. The zero-order valence-electron chi connectivity index (χ0n) is 10.1. The van der Waals surface area contributed by atoms with Crippen LogP contribution in [0.2, 0.25) is 0 Å². The molecule has 1 aromatic carbocycles. The van der Waals surface area contributed by atoms with Crippen molar-refractivity contribution in [3.8, 4) is 11.8 Å². The lowest BCUT2D eigenvalue weighted by Crippen LogP contribution is -2.25. The monoisotopic (exact) mass is 393 g/mol. The highest BCUT2D eigenvalue weighted by atomic mass is 127. The van der Waals surface area contributed by atoms with Gasteiger partial charge in [-0.3, -0.25) is 0 Å². The molecule has 0 radical (unpaired) electrons. The summed E-state index contributed by atoms with van der Waals surface area (Å²) in [5.74, 6) is 4.25. The summed E-state index contributed by atoms with van der Waals surface area (Å²) in [7, 11) is -3.70. The number of rotatable bonds is 5. The van der Waals surface area contributed by atoms with Crippen LogP contribution in [0.15, 0.2) is 23.1 Å². The van der Waals surface area contributed by atoms with Crippen molar-refractivity contribution in [2.45, 2.75) is 18.2 Å². The van der Waals surface area contributed by atoms with Gasteiger partial charge in [-0.25, -0.2) is 17.9 Å². The van der Waals surface area contributed by atoms with E-state index in [4.69, 9.17) is 5.11 Å². The van der Waals surface area contributed by atoms with Gasteiger partial charge in [-0.15, -0.1) is 11.8 Å². The van der Waals surface area contributed by atoms with Gasteiger partial charge >= 0.3 is 5.97 Å². The van der Waals surface area contributed by atoms with Gasteiger partial charge in [0.05, 0.1) is 10.5 Å². The van der Waals surface area contributed by atoms with Crippen molar-refractivity contribution in [1.29, 1.82) is 0 Å². The van der Waals surface area contributed by atoms with Crippen LogP contribution in [0.1, 0.15) is 23.7 Å².